The highest BCUT2D eigenvalue weighted by Gasteiger charge is 2.33. The van der Waals surface area contributed by atoms with Gasteiger partial charge in [-0.15, -0.1) is 60.1 Å². The molecule has 0 N–H and O–H groups in total. The van der Waals surface area contributed by atoms with E-state index in [4.69, 9.17) is 4.42 Å². The summed E-state index contributed by atoms with van der Waals surface area (Å²) < 4.78 is 7.30. The molecule has 0 spiro atoms. The average molecular weight is 977 g/mol. The van der Waals surface area contributed by atoms with Gasteiger partial charge in [-0.3, -0.25) is 0 Å². The lowest BCUT2D eigenvalue weighted by Crippen LogP contribution is -2.57. The van der Waals surface area contributed by atoms with Crippen LogP contribution in [0.25, 0.3) is 98.8 Å². The molecule has 1 aromatic heterocycles. The molecule has 0 aliphatic carbocycles. The summed E-state index contributed by atoms with van der Waals surface area (Å²) in [5.41, 5.74) is 54.1. The Hall–Kier alpha value is -4.49. The molecule has 0 atom stereocenters. The average Bonchev–Trinajstić information content (AvgIpc) is 4.09. The normalized spacial score (nSPS) is 11.8. The fourth-order valence-corrected chi connectivity index (χ4v) is 15.6. The van der Waals surface area contributed by atoms with Gasteiger partial charge in [-0.05, 0) is 76.8 Å². The molecule has 0 bridgehead atoms. The smallest absolute Gasteiger partial charge is 0.143 e. The van der Waals surface area contributed by atoms with Crippen LogP contribution in [0.3, 0.4) is 0 Å². The summed E-state index contributed by atoms with van der Waals surface area (Å²) in [6, 6.07) is 0. The van der Waals surface area contributed by atoms with E-state index in [1.165, 1.54) is 251 Å². The molecule has 0 radical (unpaired) electrons. The number of rotatable bonds is 4. The Balaban J connectivity index is 1.45. The number of benzene rings is 9. The maximum Gasteiger partial charge on any atom is 0.143 e. The van der Waals surface area contributed by atoms with E-state index in [9.17, 15) is 0 Å². The van der Waals surface area contributed by atoms with E-state index in [0.717, 1.165) is 11.2 Å². The zero-order valence-corrected chi connectivity index (χ0v) is 54.4. The van der Waals surface area contributed by atoms with Crippen molar-refractivity contribution in [2.45, 2.75) is 0 Å². The van der Waals surface area contributed by atoms with Crippen molar-refractivity contribution in [1.82, 2.24) is 0 Å². The van der Waals surface area contributed by atoms with Crippen molar-refractivity contribution < 1.29 is 4.42 Å². The van der Waals surface area contributed by atoms with Gasteiger partial charge < -0.3 is 4.42 Å². The second-order valence-corrected chi connectivity index (χ2v) is 25.5. The second-order valence-electron chi connectivity index (χ2n) is 25.5. The Morgan fingerprint density at radius 3 is 0.646 bits per heavy atom. The highest BCUT2D eigenvalue weighted by atomic mass is 16.3. The van der Waals surface area contributed by atoms with Crippen LogP contribution in [0.5, 0.6) is 0 Å². The minimum atomic E-state index is 1.02. The first-order valence-corrected chi connectivity index (χ1v) is 29.4. The lowest BCUT2D eigenvalue weighted by Gasteiger charge is -2.33. The van der Waals surface area contributed by atoms with Crippen molar-refractivity contribution in [3.63, 3.8) is 0 Å². The van der Waals surface area contributed by atoms with Crippen molar-refractivity contribution in [3.05, 3.63) is 0 Å². The molecular weight excluding hydrogens is 917 g/mol. The summed E-state index contributed by atoms with van der Waals surface area (Å²) in [6.45, 7) is 0. The Morgan fingerprint density at radius 1 is 0.114 bits per heavy atom. The third-order valence-corrected chi connectivity index (χ3v) is 22.8. The minimum Gasteiger partial charge on any atom is -0.457 e. The molecule has 0 aliphatic heterocycles. The predicted octanol–water partition coefficient (Wildman–Crippen LogP) is -38.5. The van der Waals surface area contributed by atoms with Crippen molar-refractivity contribution in [2.75, 3.05) is 0 Å². The van der Waals surface area contributed by atoms with E-state index in [-0.39, 0.29) is 0 Å². The standard InChI is InChI=1S/C48H60B30O/c49-17-11(32(64)46(78)48-16(17)10-9-15(33(65)45(77)47(10)79-48)31(63)41(73)40(72)24(9)56)1-3-5(20(52)36(68)34(66)18(3)50)2(6-4(1)19(51)35(67)37(69)21(6)53)12-25(57)27(59)13(28(60)26(12)58)7-8(23(55)39(71)38(70)22(7)54)14-29(61)42(74)44(76)43(75)30(14)62/h49-78H2. The molecule has 0 fully saturated rings. The maximum absolute atomic E-state index is 7.30. The Labute approximate surface area is 498 Å². The first kappa shape index (κ1) is 57.7. The highest BCUT2D eigenvalue weighted by molar-refractivity contribution is 6.77. The minimum absolute atomic E-state index is 1.02. The number of hydrogen-bond donors (Lipinski definition) is 0. The molecular formula is C48H60B30O. The van der Waals surface area contributed by atoms with E-state index in [1.807, 2.05) is 0 Å². The molecule has 348 valence electrons. The van der Waals surface area contributed by atoms with Crippen LogP contribution in [-0.4, -0.2) is 235 Å². The summed E-state index contributed by atoms with van der Waals surface area (Å²) in [6.07, 6.45) is 0. The van der Waals surface area contributed by atoms with Gasteiger partial charge >= 0.3 is 0 Å². The van der Waals surface area contributed by atoms with Crippen LogP contribution in [0.2, 0.25) is 0 Å². The SMILES string of the molecule is Bc1c(B)c(B)c(-c2c(B)c(B)c(B)c(B)c2-c2c(B)c(B)c(-c3c4c(B)c(B)c(B)c(B)c4c(-c4c(B)c(B)c5oc6c(B)c(B)c7c(B)c(B)c(B)c(B)c7c6c5c4B)c4c(B)c(B)c(B)c(B)c34)c(B)c2B)c(B)c1B. The van der Waals surface area contributed by atoms with Gasteiger partial charge in [0.25, 0.3) is 0 Å². The molecule has 9 aromatic carbocycles. The summed E-state index contributed by atoms with van der Waals surface area (Å²) in [5.74, 6) is 0. The van der Waals surface area contributed by atoms with Gasteiger partial charge in [-0.25, -0.2) is 0 Å². The topological polar surface area (TPSA) is 13.1 Å². The van der Waals surface area contributed by atoms with Crippen LogP contribution in [0.15, 0.2) is 4.42 Å². The molecule has 31 heteroatoms. The first-order valence-electron chi connectivity index (χ1n) is 29.4. The second kappa shape index (κ2) is 19.6. The quantitative estimate of drug-likeness (QED) is 0.127. The fourth-order valence-electron chi connectivity index (χ4n) is 15.6. The molecule has 10 rings (SSSR count). The van der Waals surface area contributed by atoms with Crippen molar-refractivity contribution >= 4 is 454 Å². The molecule has 0 saturated heterocycles. The zero-order chi connectivity index (χ0) is 58.4. The van der Waals surface area contributed by atoms with Gasteiger partial charge in [0.15, 0.2) is 0 Å². The van der Waals surface area contributed by atoms with E-state index < -0.39 is 0 Å². The van der Waals surface area contributed by atoms with E-state index in [2.05, 4.69) is 235 Å². The molecule has 0 amide bonds. The molecule has 0 aliphatic rings. The fraction of sp³-hybridized carbons (Fsp3) is 0. The third kappa shape index (κ3) is 7.52. The van der Waals surface area contributed by atoms with E-state index in [1.54, 1.807) is 0 Å². The summed E-state index contributed by atoms with van der Waals surface area (Å²) in [7, 11) is 71.2. The van der Waals surface area contributed by atoms with Crippen LogP contribution >= 0.6 is 0 Å². The molecule has 0 saturated carbocycles. The Kier molecular flexibility index (Phi) is 14.3. The van der Waals surface area contributed by atoms with Gasteiger partial charge in [-0.1, -0.05) is 104 Å². The van der Waals surface area contributed by atoms with Gasteiger partial charge in [0.1, 0.15) is 247 Å². The molecule has 10 aromatic rings. The Morgan fingerprint density at radius 2 is 0.304 bits per heavy atom. The molecule has 79 heavy (non-hydrogen) atoms. The van der Waals surface area contributed by atoms with Gasteiger partial charge in [0.05, 0.1) is 0 Å². The van der Waals surface area contributed by atoms with Crippen molar-refractivity contribution in [3.8, 4) is 44.5 Å². The molecule has 1 nitrogen and oxygen atoms in total. The summed E-state index contributed by atoms with van der Waals surface area (Å²) in [4.78, 5) is 0. The largest absolute Gasteiger partial charge is 0.457 e. The molecule has 1 heterocycles. The van der Waals surface area contributed by atoms with Crippen LogP contribution in [0.4, 0.5) is 0 Å². The van der Waals surface area contributed by atoms with Crippen LogP contribution in [0.1, 0.15) is 0 Å². The van der Waals surface area contributed by atoms with Crippen molar-refractivity contribution in [1.29, 1.82) is 0 Å². The molecule has 0 unspecified atom stereocenters. The van der Waals surface area contributed by atoms with Crippen molar-refractivity contribution in [2.24, 2.45) is 0 Å². The highest BCUT2D eigenvalue weighted by Crippen LogP contribution is 2.40. The van der Waals surface area contributed by atoms with Gasteiger partial charge in [0, 0.05) is 10.8 Å². The summed E-state index contributed by atoms with van der Waals surface area (Å²) in [5, 5.41) is 10.8. The van der Waals surface area contributed by atoms with Gasteiger partial charge in [0.2, 0.25) is 0 Å². The van der Waals surface area contributed by atoms with E-state index >= 15 is 0 Å². The van der Waals surface area contributed by atoms with Crippen LogP contribution in [0, 0.1) is 0 Å². The lowest BCUT2D eigenvalue weighted by molar-refractivity contribution is 0.675. The zero-order valence-electron chi connectivity index (χ0n) is 54.4. The lowest BCUT2D eigenvalue weighted by atomic mass is 9.54. The Bertz CT molecular complexity index is 4460. The summed E-state index contributed by atoms with van der Waals surface area (Å²) >= 11 is 0. The van der Waals surface area contributed by atoms with Crippen LogP contribution < -0.4 is 164 Å². The van der Waals surface area contributed by atoms with E-state index in [0.29, 0.717) is 0 Å². The first-order chi connectivity index (χ1) is 36.8. The third-order valence-electron chi connectivity index (χ3n) is 22.8. The number of hydrogen-bond acceptors (Lipinski definition) is 1. The van der Waals surface area contributed by atoms with Crippen LogP contribution in [-0.2, 0) is 0 Å². The number of furan rings is 1. The number of fused-ring (bicyclic) bond motifs is 7. The van der Waals surface area contributed by atoms with Gasteiger partial charge in [-0.2, -0.15) is 0 Å². The maximum atomic E-state index is 7.30. The predicted molar refractivity (Wildman–Crippen MR) is 453 cm³/mol. The monoisotopic (exact) mass is 983 g/mol.